The topological polar surface area (TPSA) is 72.9 Å². The highest BCUT2D eigenvalue weighted by molar-refractivity contribution is 6.01. The van der Waals surface area contributed by atoms with Crippen LogP contribution in [-0.4, -0.2) is 37.9 Å². The maximum absolute atomic E-state index is 12.4. The Balaban J connectivity index is 1.60. The Hall–Kier alpha value is -3.15. The fraction of sp³-hybridized carbons (Fsp3) is 0.318. The van der Waals surface area contributed by atoms with E-state index < -0.39 is 11.9 Å². The number of aryl methyl sites for hydroxylation is 1. The molecular formula is C22H23NO5. The van der Waals surface area contributed by atoms with Crippen LogP contribution in [0.4, 0.5) is 5.69 Å². The number of carbonyl (C=O) groups is 3. The minimum absolute atomic E-state index is 0.0863. The lowest BCUT2D eigenvalue weighted by atomic mass is 10.1. The van der Waals surface area contributed by atoms with Crippen LogP contribution in [0.15, 0.2) is 42.5 Å². The summed E-state index contributed by atoms with van der Waals surface area (Å²) in [7, 11) is 1.54. The summed E-state index contributed by atoms with van der Waals surface area (Å²) in [5, 5.41) is 0. The van der Waals surface area contributed by atoms with Gasteiger partial charge in [0.1, 0.15) is 5.75 Å². The van der Waals surface area contributed by atoms with Gasteiger partial charge in [0, 0.05) is 24.2 Å². The van der Waals surface area contributed by atoms with Crippen LogP contribution in [0.1, 0.15) is 27.9 Å². The number of rotatable bonds is 6. The monoisotopic (exact) mass is 381 g/mol. The summed E-state index contributed by atoms with van der Waals surface area (Å²) in [5.41, 5.74) is 3.35. The van der Waals surface area contributed by atoms with E-state index in [1.165, 1.54) is 0 Å². The van der Waals surface area contributed by atoms with E-state index in [-0.39, 0.29) is 31.3 Å². The first-order valence-electron chi connectivity index (χ1n) is 9.11. The van der Waals surface area contributed by atoms with Crippen LogP contribution in [0.3, 0.4) is 0 Å². The summed E-state index contributed by atoms with van der Waals surface area (Å²) < 4.78 is 10.2. The predicted molar refractivity (Wildman–Crippen MR) is 105 cm³/mol. The molecule has 1 fully saturated rings. The Morgan fingerprint density at radius 3 is 2.50 bits per heavy atom. The minimum Gasteiger partial charge on any atom is -0.497 e. The number of hydrogen-bond acceptors (Lipinski definition) is 5. The average Bonchev–Trinajstić information content (AvgIpc) is 3.09. The van der Waals surface area contributed by atoms with Crippen LogP contribution in [0.25, 0.3) is 0 Å². The van der Waals surface area contributed by atoms with Crippen LogP contribution < -0.4 is 9.64 Å². The molecule has 0 unspecified atom stereocenters. The number of carbonyl (C=O) groups excluding carboxylic acids is 3. The molecule has 1 atom stereocenters. The van der Waals surface area contributed by atoms with Gasteiger partial charge in [-0.15, -0.1) is 0 Å². The van der Waals surface area contributed by atoms with Gasteiger partial charge < -0.3 is 14.4 Å². The summed E-state index contributed by atoms with van der Waals surface area (Å²) >= 11 is 0. The van der Waals surface area contributed by atoms with Crippen molar-refractivity contribution in [3.8, 4) is 5.75 Å². The molecule has 0 saturated carbocycles. The number of Topliss-reactive ketones (excluding diaryl/α,β-unsaturated/α-hetero) is 1. The fourth-order valence-electron chi connectivity index (χ4n) is 3.24. The standard InChI is InChI=1S/C22H23NO5/c1-14-5-4-6-19(15(14)2)23-12-17(11-21(23)25)22(26)28-13-20(24)16-7-9-18(27-3)10-8-16/h4-10,17H,11-13H2,1-3H3/t17-/m1/s1. The molecule has 2 aromatic carbocycles. The first-order chi connectivity index (χ1) is 13.4. The number of nitrogens with zero attached hydrogens (tertiary/aromatic N) is 1. The summed E-state index contributed by atoms with van der Waals surface area (Å²) in [6.45, 7) is 3.85. The van der Waals surface area contributed by atoms with Gasteiger partial charge in [0.05, 0.1) is 13.0 Å². The molecule has 1 amide bonds. The fourth-order valence-corrected chi connectivity index (χ4v) is 3.24. The van der Waals surface area contributed by atoms with Crippen molar-refractivity contribution in [1.82, 2.24) is 0 Å². The van der Waals surface area contributed by atoms with E-state index in [0.717, 1.165) is 16.8 Å². The number of benzene rings is 2. The van der Waals surface area contributed by atoms with Gasteiger partial charge >= 0.3 is 5.97 Å². The molecular weight excluding hydrogens is 358 g/mol. The zero-order valence-corrected chi connectivity index (χ0v) is 16.2. The Bertz CT molecular complexity index is 904. The molecule has 6 heteroatoms. The highest BCUT2D eigenvalue weighted by Gasteiger charge is 2.37. The molecule has 1 aliphatic rings. The maximum Gasteiger partial charge on any atom is 0.311 e. The van der Waals surface area contributed by atoms with Gasteiger partial charge in [-0.3, -0.25) is 14.4 Å². The molecule has 1 saturated heterocycles. The van der Waals surface area contributed by atoms with Crippen molar-refractivity contribution < 1.29 is 23.9 Å². The first-order valence-corrected chi connectivity index (χ1v) is 9.11. The van der Waals surface area contributed by atoms with Crippen molar-refractivity contribution in [1.29, 1.82) is 0 Å². The lowest BCUT2D eigenvalue weighted by Gasteiger charge is -2.20. The summed E-state index contributed by atoms with van der Waals surface area (Å²) in [5.74, 6) is -0.868. The van der Waals surface area contributed by atoms with Crippen LogP contribution in [-0.2, 0) is 14.3 Å². The van der Waals surface area contributed by atoms with Gasteiger partial charge in [-0.05, 0) is 55.3 Å². The maximum atomic E-state index is 12.4. The molecule has 28 heavy (non-hydrogen) atoms. The zero-order valence-electron chi connectivity index (χ0n) is 16.2. The number of esters is 1. The number of methoxy groups -OCH3 is 1. The van der Waals surface area contributed by atoms with Crippen molar-refractivity contribution in [3.63, 3.8) is 0 Å². The molecule has 0 bridgehead atoms. The van der Waals surface area contributed by atoms with Gasteiger partial charge in [-0.2, -0.15) is 0 Å². The van der Waals surface area contributed by atoms with Gasteiger partial charge in [-0.1, -0.05) is 12.1 Å². The molecule has 0 aliphatic carbocycles. The van der Waals surface area contributed by atoms with Crippen molar-refractivity contribution in [2.45, 2.75) is 20.3 Å². The van der Waals surface area contributed by atoms with Gasteiger partial charge in [-0.25, -0.2) is 0 Å². The van der Waals surface area contributed by atoms with E-state index >= 15 is 0 Å². The van der Waals surface area contributed by atoms with Crippen molar-refractivity contribution in [2.75, 3.05) is 25.2 Å². The first kappa shape index (κ1) is 19.6. The molecule has 3 rings (SSSR count). The molecule has 0 radical (unpaired) electrons. The van der Waals surface area contributed by atoms with E-state index in [2.05, 4.69) is 0 Å². The van der Waals surface area contributed by atoms with Gasteiger partial charge in [0.25, 0.3) is 0 Å². The smallest absolute Gasteiger partial charge is 0.311 e. The van der Waals surface area contributed by atoms with E-state index in [1.807, 2.05) is 32.0 Å². The normalized spacial score (nSPS) is 16.2. The molecule has 0 aromatic heterocycles. The van der Waals surface area contributed by atoms with Crippen molar-refractivity contribution >= 4 is 23.3 Å². The van der Waals surface area contributed by atoms with Crippen molar-refractivity contribution in [3.05, 3.63) is 59.2 Å². The predicted octanol–water partition coefficient (Wildman–Crippen LogP) is 3.09. The zero-order chi connectivity index (χ0) is 20.3. The van der Waals surface area contributed by atoms with Crippen LogP contribution in [0.5, 0.6) is 5.75 Å². The Morgan fingerprint density at radius 1 is 1.11 bits per heavy atom. The molecule has 6 nitrogen and oxygen atoms in total. The third-order valence-electron chi connectivity index (χ3n) is 5.08. The third-order valence-corrected chi connectivity index (χ3v) is 5.08. The Kier molecular flexibility index (Phi) is 5.78. The van der Waals surface area contributed by atoms with Crippen LogP contribution in [0.2, 0.25) is 0 Å². The number of hydrogen-bond donors (Lipinski definition) is 0. The van der Waals surface area contributed by atoms with Crippen LogP contribution >= 0.6 is 0 Å². The Morgan fingerprint density at radius 2 is 1.82 bits per heavy atom. The van der Waals surface area contributed by atoms with E-state index in [9.17, 15) is 14.4 Å². The summed E-state index contributed by atoms with van der Waals surface area (Å²) in [6, 6.07) is 12.3. The van der Waals surface area contributed by atoms with E-state index in [1.54, 1.807) is 36.3 Å². The highest BCUT2D eigenvalue weighted by Crippen LogP contribution is 2.29. The molecule has 2 aromatic rings. The van der Waals surface area contributed by atoms with Crippen molar-refractivity contribution in [2.24, 2.45) is 5.92 Å². The van der Waals surface area contributed by atoms with E-state index in [0.29, 0.717) is 11.3 Å². The quantitative estimate of drug-likeness (QED) is 0.568. The molecule has 1 heterocycles. The third kappa shape index (κ3) is 4.06. The van der Waals surface area contributed by atoms with Crippen LogP contribution in [0, 0.1) is 19.8 Å². The minimum atomic E-state index is -0.573. The van der Waals surface area contributed by atoms with Gasteiger partial charge in [0.15, 0.2) is 12.4 Å². The number of ketones is 1. The number of amides is 1. The summed E-state index contributed by atoms with van der Waals surface area (Å²) in [6.07, 6.45) is 0.0863. The number of anilines is 1. The molecule has 0 spiro atoms. The molecule has 1 aliphatic heterocycles. The second-order valence-electron chi connectivity index (χ2n) is 6.88. The SMILES string of the molecule is COc1ccc(C(=O)COC(=O)[C@@H]2CC(=O)N(c3cccc(C)c3C)C2)cc1. The Labute approximate surface area is 164 Å². The molecule has 146 valence electrons. The summed E-state index contributed by atoms with van der Waals surface area (Å²) in [4.78, 5) is 38.6. The number of ether oxygens (including phenoxy) is 2. The lowest BCUT2D eigenvalue weighted by Crippen LogP contribution is -2.27. The molecule has 0 N–H and O–H groups in total. The average molecular weight is 381 g/mol. The van der Waals surface area contributed by atoms with Gasteiger partial charge in [0.2, 0.25) is 5.91 Å². The second kappa shape index (κ2) is 8.25. The van der Waals surface area contributed by atoms with E-state index in [4.69, 9.17) is 9.47 Å². The largest absolute Gasteiger partial charge is 0.497 e. The highest BCUT2D eigenvalue weighted by atomic mass is 16.5. The second-order valence-corrected chi connectivity index (χ2v) is 6.88. The lowest BCUT2D eigenvalue weighted by molar-refractivity contribution is -0.147.